The van der Waals surface area contributed by atoms with Crippen LogP contribution in [-0.2, 0) is 17.4 Å². The largest absolute Gasteiger partial charge is 0.507 e. The maximum absolute atomic E-state index is 11.4. The van der Waals surface area contributed by atoms with E-state index in [4.69, 9.17) is 0 Å². The van der Waals surface area contributed by atoms with Crippen LogP contribution in [0.5, 0.6) is 5.75 Å². The Labute approximate surface area is 195 Å². The van der Waals surface area contributed by atoms with Crippen LogP contribution in [-0.4, -0.2) is 35.7 Å². The molecule has 0 aliphatic heterocycles. The molecule has 0 atom stereocenters. The molecule has 4 aromatic carbocycles. The number of phenolic OH excluding ortho intramolecular Hbond substituents is 1. The van der Waals surface area contributed by atoms with Gasteiger partial charge in [-0.05, 0) is 12.1 Å². The lowest BCUT2D eigenvalue weighted by molar-refractivity contribution is -0.166. The third-order valence-electron chi connectivity index (χ3n) is 5.79. The molecule has 7 heteroatoms. The van der Waals surface area contributed by atoms with E-state index in [1.165, 1.54) is 60.7 Å². The maximum atomic E-state index is 11.4. The molecule has 0 aliphatic rings. The Hall–Kier alpha value is -3.56. The molecule has 0 bridgehead atoms. The van der Waals surface area contributed by atoms with Crippen molar-refractivity contribution in [2.24, 2.45) is 0 Å². The predicted octanol–water partition coefficient (Wildman–Crippen LogP) is 1.95. The Morgan fingerprint density at radius 1 is 0.382 bits per heavy atom. The minimum absolute atomic E-state index is 0.0158. The Morgan fingerprint density at radius 3 is 1.15 bits per heavy atom. The summed E-state index contributed by atoms with van der Waals surface area (Å²) < 4.78 is 0. The smallest absolute Gasteiger partial charge is 0.221 e. The Kier molecular flexibility index (Phi) is 6.01. The summed E-state index contributed by atoms with van der Waals surface area (Å²) in [6.07, 6.45) is 0. The molecule has 0 aliphatic carbocycles. The molecule has 7 nitrogen and oxygen atoms in total. The molecule has 0 aromatic heterocycles. The average molecular weight is 460 g/mol. The Balaban J connectivity index is 2.10. The number of phenols is 1. The molecule has 7 N–H and O–H groups in total. The SMILES string of the molecule is Oc1ccc(C(O)(O)c2ccccc2)c(C(O)(O)c2ccccc2)c1C(O)(O)c1ccccc1. The third kappa shape index (κ3) is 3.97. The van der Waals surface area contributed by atoms with Crippen LogP contribution < -0.4 is 0 Å². The summed E-state index contributed by atoms with van der Waals surface area (Å²) in [5, 5.41) is 78.3. The molecule has 174 valence electrons. The van der Waals surface area contributed by atoms with Crippen molar-refractivity contribution in [1.29, 1.82) is 0 Å². The van der Waals surface area contributed by atoms with Crippen LogP contribution in [0.2, 0.25) is 0 Å². The normalized spacial score (nSPS) is 12.5. The van der Waals surface area contributed by atoms with E-state index in [0.29, 0.717) is 0 Å². The number of rotatable bonds is 6. The van der Waals surface area contributed by atoms with Gasteiger partial charge in [-0.2, -0.15) is 0 Å². The minimum atomic E-state index is -2.97. The number of aromatic hydroxyl groups is 1. The molecule has 0 unspecified atom stereocenters. The molecule has 0 heterocycles. The van der Waals surface area contributed by atoms with Gasteiger partial charge in [0.25, 0.3) is 0 Å². The van der Waals surface area contributed by atoms with E-state index in [2.05, 4.69) is 0 Å². The van der Waals surface area contributed by atoms with Crippen molar-refractivity contribution in [3.05, 3.63) is 137 Å². The summed E-state index contributed by atoms with van der Waals surface area (Å²) in [6, 6.07) is 24.6. The highest BCUT2D eigenvalue weighted by molar-refractivity contribution is 5.57. The van der Waals surface area contributed by atoms with E-state index in [0.717, 1.165) is 12.1 Å². The van der Waals surface area contributed by atoms with E-state index in [1.807, 2.05) is 0 Å². The van der Waals surface area contributed by atoms with Gasteiger partial charge in [-0.3, -0.25) is 0 Å². The zero-order valence-corrected chi connectivity index (χ0v) is 17.9. The van der Waals surface area contributed by atoms with Crippen LogP contribution in [0.25, 0.3) is 0 Å². The fraction of sp³-hybridized carbons (Fsp3) is 0.111. The molecule has 4 rings (SSSR count). The first-order valence-corrected chi connectivity index (χ1v) is 10.5. The van der Waals surface area contributed by atoms with Gasteiger partial charge in [-0.15, -0.1) is 0 Å². The van der Waals surface area contributed by atoms with E-state index in [-0.39, 0.29) is 16.7 Å². The number of hydrogen-bond donors (Lipinski definition) is 7. The molecule has 0 amide bonds. The molecule has 0 fully saturated rings. The Bertz CT molecular complexity index is 1270. The Morgan fingerprint density at radius 2 is 0.735 bits per heavy atom. The lowest BCUT2D eigenvalue weighted by Gasteiger charge is -2.36. The van der Waals surface area contributed by atoms with Crippen molar-refractivity contribution in [3.63, 3.8) is 0 Å². The fourth-order valence-electron chi connectivity index (χ4n) is 4.05. The zero-order valence-electron chi connectivity index (χ0n) is 17.9. The molecule has 4 aromatic rings. The number of hydrogen-bond acceptors (Lipinski definition) is 7. The van der Waals surface area contributed by atoms with Crippen LogP contribution in [0.15, 0.2) is 103 Å². The summed E-state index contributed by atoms with van der Waals surface area (Å²) in [4.78, 5) is 0. The van der Waals surface area contributed by atoms with Gasteiger partial charge in [0.2, 0.25) is 17.4 Å². The summed E-state index contributed by atoms with van der Waals surface area (Å²) in [7, 11) is 0. The topological polar surface area (TPSA) is 142 Å². The minimum Gasteiger partial charge on any atom is -0.507 e. The zero-order chi connectivity index (χ0) is 24.6. The molecule has 0 radical (unpaired) electrons. The van der Waals surface area contributed by atoms with Gasteiger partial charge in [-0.25, -0.2) is 0 Å². The van der Waals surface area contributed by atoms with E-state index >= 15 is 0 Å². The van der Waals surface area contributed by atoms with Crippen molar-refractivity contribution in [1.82, 2.24) is 0 Å². The van der Waals surface area contributed by atoms with Gasteiger partial charge in [-0.1, -0.05) is 91.0 Å². The first-order chi connectivity index (χ1) is 16.1. The van der Waals surface area contributed by atoms with Crippen molar-refractivity contribution < 1.29 is 35.7 Å². The highest BCUT2D eigenvalue weighted by Crippen LogP contribution is 2.46. The van der Waals surface area contributed by atoms with Crippen molar-refractivity contribution in [2.75, 3.05) is 0 Å². The highest BCUT2D eigenvalue weighted by atomic mass is 16.5. The summed E-state index contributed by atoms with van der Waals surface area (Å²) in [5.74, 6) is -9.40. The average Bonchev–Trinajstić information content (AvgIpc) is 2.85. The second-order valence-electron chi connectivity index (χ2n) is 8.00. The lowest BCUT2D eigenvalue weighted by Crippen LogP contribution is -2.40. The lowest BCUT2D eigenvalue weighted by atomic mass is 9.80. The third-order valence-corrected chi connectivity index (χ3v) is 5.79. The molecule has 0 saturated heterocycles. The van der Waals surface area contributed by atoms with Crippen LogP contribution in [0.1, 0.15) is 33.4 Å². The predicted molar refractivity (Wildman–Crippen MR) is 123 cm³/mol. The van der Waals surface area contributed by atoms with E-state index < -0.39 is 39.8 Å². The van der Waals surface area contributed by atoms with Crippen molar-refractivity contribution >= 4 is 0 Å². The monoisotopic (exact) mass is 460 g/mol. The van der Waals surface area contributed by atoms with Crippen LogP contribution in [0.3, 0.4) is 0 Å². The summed E-state index contributed by atoms with van der Waals surface area (Å²) >= 11 is 0. The van der Waals surface area contributed by atoms with Gasteiger partial charge in [0.05, 0.1) is 5.56 Å². The second-order valence-corrected chi connectivity index (χ2v) is 8.00. The van der Waals surface area contributed by atoms with Crippen LogP contribution >= 0.6 is 0 Å². The quantitative estimate of drug-likeness (QED) is 0.218. The number of aliphatic hydroxyl groups is 6. The molecule has 34 heavy (non-hydrogen) atoms. The van der Waals surface area contributed by atoms with Gasteiger partial charge >= 0.3 is 0 Å². The van der Waals surface area contributed by atoms with Crippen LogP contribution in [0, 0.1) is 0 Å². The molecular formula is C27H24O7. The van der Waals surface area contributed by atoms with Gasteiger partial charge in [0.1, 0.15) is 5.75 Å². The standard InChI is InChI=1S/C27H24O7/c28-22-17-16-21(25(29,30)18-10-4-1-5-11-18)23(26(31,32)19-12-6-2-7-13-19)24(22)27(33,34)20-14-8-3-9-15-20/h1-17,28-34H. The van der Waals surface area contributed by atoms with Gasteiger partial charge in [0, 0.05) is 27.8 Å². The van der Waals surface area contributed by atoms with Crippen LogP contribution in [0.4, 0.5) is 0 Å². The molecular weight excluding hydrogens is 436 g/mol. The fourth-order valence-corrected chi connectivity index (χ4v) is 4.05. The first kappa shape index (κ1) is 23.6. The van der Waals surface area contributed by atoms with Gasteiger partial charge < -0.3 is 35.7 Å². The van der Waals surface area contributed by atoms with Crippen molar-refractivity contribution in [2.45, 2.75) is 17.4 Å². The highest BCUT2D eigenvalue weighted by Gasteiger charge is 2.47. The maximum Gasteiger partial charge on any atom is 0.221 e. The number of benzene rings is 4. The molecule has 0 spiro atoms. The van der Waals surface area contributed by atoms with E-state index in [9.17, 15) is 35.7 Å². The summed E-state index contributed by atoms with van der Waals surface area (Å²) in [6.45, 7) is 0. The molecule has 0 saturated carbocycles. The van der Waals surface area contributed by atoms with Crippen molar-refractivity contribution in [3.8, 4) is 5.75 Å². The van der Waals surface area contributed by atoms with Gasteiger partial charge in [0.15, 0.2) is 0 Å². The second kappa shape index (κ2) is 8.66. The summed E-state index contributed by atoms with van der Waals surface area (Å²) in [5.41, 5.74) is -2.08. The van der Waals surface area contributed by atoms with E-state index in [1.54, 1.807) is 30.3 Å². The first-order valence-electron chi connectivity index (χ1n) is 10.5.